The fourth-order valence-electron chi connectivity index (χ4n) is 3.37. The Kier molecular flexibility index (Phi) is 2.22. The largest absolute Gasteiger partial charge is 0.298 e. The molecule has 2 bridgehead atoms. The third-order valence-electron chi connectivity index (χ3n) is 4.29. The summed E-state index contributed by atoms with van der Waals surface area (Å²) in [5, 5.41) is 0. The zero-order valence-electron chi connectivity index (χ0n) is 10.5. The molecule has 0 aromatic heterocycles. The molecule has 2 aliphatic carbocycles. The fraction of sp³-hybridized carbons (Fsp3) is 0.167. The van der Waals surface area contributed by atoms with Gasteiger partial charge in [0, 0.05) is 5.92 Å². The van der Waals surface area contributed by atoms with Crippen molar-refractivity contribution < 1.29 is 4.79 Å². The molecule has 2 aliphatic rings. The number of ketones is 1. The topological polar surface area (TPSA) is 17.1 Å². The third kappa shape index (κ3) is 1.51. The molecular weight excluding hydrogens is 232 g/mol. The van der Waals surface area contributed by atoms with Crippen LogP contribution in [0.25, 0.3) is 5.57 Å². The monoisotopic (exact) mass is 246 g/mol. The van der Waals surface area contributed by atoms with Gasteiger partial charge in [-0.15, -0.1) is 0 Å². The van der Waals surface area contributed by atoms with Crippen LogP contribution in [0.15, 0.2) is 60.7 Å². The van der Waals surface area contributed by atoms with E-state index < -0.39 is 0 Å². The van der Waals surface area contributed by atoms with Gasteiger partial charge in [-0.3, -0.25) is 4.79 Å². The highest BCUT2D eigenvalue weighted by Crippen LogP contribution is 2.48. The van der Waals surface area contributed by atoms with E-state index in [1.54, 1.807) is 0 Å². The van der Waals surface area contributed by atoms with Crippen molar-refractivity contribution in [2.45, 2.75) is 18.3 Å². The van der Waals surface area contributed by atoms with Gasteiger partial charge in [0.2, 0.25) is 0 Å². The Bertz CT molecular complexity index is 682. The summed E-state index contributed by atoms with van der Waals surface area (Å²) < 4.78 is 0. The molecule has 1 nitrogen and oxygen atoms in total. The van der Waals surface area contributed by atoms with E-state index in [0.29, 0.717) is 5.78 Å². The van der Waals surface area contributed by atoms with Gasteiger partial charge in [0.15, 0.2) is 5.78 Å². The van der Waals surface area contributed by atoms with E-state index in [1.807, 2.05) is 18.2 Å². The minimum atomic E-state index is -0.0230. The van der Waals surface area contributed by atoms with Crippen LogP contribution < -0.4 is 0 Å². The van der Waals surface area contributed by atoms with E-state index in [9.17, 15) is 4.79 Å². The Hall–Kier alpha value is -2.15. The number of Topliss-reactive ketones (excluding diaryl/α,β-unsaturated/α-hetero) is 1. The minimum Gasteiger partial charge on any atom is -0.298 e. The van der Waals surface area contributed by atoms with E-state index in [2.05, 4.69) is 42.5 Å². The molecule has 0 saturated heterocycles. The summed E-state index contributed by atoms with van der Waals surface area (Å²) in [5.41, 5.74) is 5.01. The Morgan fingerprint density at radius 1 is 0.842 bits per heavy atom. The lowest BCUT2D eigenvalue weighted by atomic mass is 9.83. The van der Waals surface area contributed by atoms with Crippen molar-refractivity contribution in [3.8, 4) is 0 Å². The van der Waals surface area contributed by atoms with E-state index >= 15 is 0 Å². The third-order valence-corrected chi connectivity index (χ3v) is 4.29. The summed E-state index contributed by atoms with van der Waals surface area (Å²) in [6.07, 6.45) is 3.01. The van der Waals surface area contributed by atoms with Crippen molar-refractivity contribution in [3.63, 3.8) is 0 Å². The predicted molar refractivity (Wildman–Crippen MR) is 76.0 cm³/mol. The number of carbonyl (C=O) groups is 1. The molecule has 0 aliphatic heterocycles. The molecular formula is C18H14O. The molecule has 2 aromatic carbocycles. The van der Waals surface area contributed by atoms with E-state index in [4.69, 9.17) is 0 Å². The summed E-state index contributed by atoms with van der Waals surface area (Å²) in [6.45, 7) is 0. The van der Waals surface area contributed by atoms with Crippen molar-refractivity contribution in [2.75, 3.05) is 0 Å². The summed E-state index contributed by atoms with van der Waals surface area (Å²) in [7, 11) is 0. The normalized spacial score (nSPS) is 24.0. The van der Waals surface area contributed by atoms with Crippen molar-refractivity contribution in [1.29, 1.82) is 0 Å². The number of rotatable bonds is 1. The number of allylic oxidation sites excluding steroid dienone is 2. The zero-order chi connectivity index (χ0) is 12.8. The summed E-state index contributed by atoms with van der Waals surface area (Å²) in [4.78, 5) is 12.4. The van der Waals surface area contributed by atoms with Crippen LogP contribution in [0.2, 0.25) is 0 Å². The Morgan fingerprint density at radius 2 is 1.53 bits per heavy atom. The van der Waals surface area contributed by atoms with Gasteiger partial charge in [-0.1, -0.05) is 60.7 Å². The Labute approximate surface area is 112 Å². The summed E-state index contributed by atoms with van der Waals surface area (Å²) in [5.74, 6) is 0.424. The molecule has 0 unspecified atom stereocenters. The van der Waals surface area contributed by atoms with Crippen molar-refractivity contribution >= 4 is 11.4 Å². The molecule has 2 atom stereocenters. The van der Waals surface area contributed by atoms with Crippen molar-refractivity contribution in [2.24, 2.45) is 0 Å². The minimum absolute atomic E-state index is 0.0230. The van der Waals surface area contributed by atoms with Gasteiger partial charge in [0.25, 0.3) is 0 Å². The first-order valence-corrected chi connectivity index (χ1v) is 6.73. The van der Waals surface area contributed by atoms with Gasteiger partial charge < -0.3 is 0 Å². The maximum Gasteiger partial charge on any atom is 0.151 e. The number of hydrogen-bond donors (Lipinski definition) is 0. The molecule has 0 N–H and O–H groups in total. The van der Waals surface area contributed by atoms with Crippen LogP contribution in [-0.2, 0) is 4.79 Å². The number of carbonyl (C=O) groups excluding carboxylic acids is 1. The van der Waals surface area contributed by atoms with Gasteiger partial charge in [-0.2, -0.15) is 0 Å². The Balaban J connectivity index is 1.83. The highest BCUT2D eigenvalue weighted by atomic mass is 16.1. The maximum absolute atomic E-state index is 12.4. The van der Waals surface area contributed by atoms with Crippen LogP contribution in [0.3, 0.4) is 0 Å². The van der Waals surface area contributed by atoms with Gasteiger partial charge in [-0.05, 0) is 28.7 Å². The average molecular weight is 246 g/mol. The first-order chi connectivity index (χ1) is 9.34. The smallest absolute Gasteiger partial charge is 0.151 e. The van der Waals surface area contributed by atoms with Crippen LogP contribution >= 0.6 is 0 Å². The van der Waals surface area contributed by atoms with Crippen molar-refractivity contribution in [3.05, 3.63) is 77.4 Å². The van der Waals surface area contributed by atoms with E-state index in [1.165, 1.54) is 22.3 Å². The first-order valence-electron chi connectivity index (χ1n) is 6.73. The second kappa shape index (κ2) is 3.92. The zero-order valence-corrected chi connectivity index (χ0v) is 10.5. The van der Waals surface area contributed by atoms with E-state index in [-0.39, 0.29) is 11.8 Å². The molecule has 2 aromatic rings. The standard InChI is InChI=1S/C18H14O/c19-18-16-10-13(12-6-2-1-3-7-12)11-17(18)15-9-5-4-8-14(15)16/h1-10,16-17H,11H2/t16-,17+/m0/s1. The van der Waals surface area contributed by atoms with Crippen LogP contribution in [0.4, 0.5) is 0 Å². The summed E-state index contributed by atoms with van der Waals surface area (Å²) in [6, 6.07) is 18.7. The van der Waals surface area contributed by atoms with Crippen LogP contribution in [0, 0.1) is 0 Å². The van der Waals surface area contributed by atoms with Gasteiger partial charge in [0.05, 0.1) is 5.92 Å². The van der Waals surface area contributed by atoms with Gasteiger partial charge in [-0.25, -0.2) is 0 Å². The predicted octanol–water partition coefficient (Wildman–Crippen LogP) is 3.92. The lowest BCUT2D eigenvalue weighted by molar-refractivity contribution is -0.120. The molecule has 0 radical (unpaired) electrons. The second-order valence-electron chi connectivity index (χ2n) is 5.32. The quantitative estimate of drug-likeness (QED) is 0.745. The van der Waals surface area contributed by atoms with Crippen LogP contribution in [0.5, 0.6) is 0 Å². The molecule has 4 rings (SSSR count). The molecule has 0 amide bonds. The number of fused-ring (bicyclic) bond motifs is 5. The number of hydrogen-bond acceptors (Lipinski definition) is 1. The lowest BCUT2D eigenvalue weighted by Crippen LogP contribution is -2.15. The van der Waals surface area contributed by atoms with Crippen LogP contribution in [-0.4, -0.2) is 5.78 Å². The second-order valence-corrected chi connectivity index (χ2v) is 5.32. The van der Waals surface area contributed by atoms with Crippen molar-refractivity contribution in [1.82, 2.24) is 0 Å². The molecule has 0 heterocycles. The number of benzene rings is 2. The lowest BCUT2D eigenvalue weighted by Gasteiger charge is -2.19. The molecule has 92 valence electrons. The molecule has 0 fully saturated rings. The highest BCUT2D eigenvalue weighted by molar-refractivity contribution is 6.02. The van der Waals surface area contributed by atoms with Gasteiger partial charge in [0.1, 0.15) is 0 Å². The molecule has 1 heteroatoms. The average Bonchev–Trinajstić information content (AvgIpc) is 2.64. The maximum atomic E-state index is 12.4. The summed E-state index contributed by atoms with van der Waals surface area (Å²) >= 11 is 0. The SMILES string of the molecule is O=C1[C@H]2C=C(c3ccccc3)C[C@@H]1c1ccccc12. The highest BCUT2D eigenvalue weighted by Gasteiger charge is 2.41. The molecule has 0 spiro atoms. The van der Waals surface area contributed by atoms with Crippen LogP contribution in [0.1, 0.15) is 34.9 Å². The van der Waals surface area contributed by atoms with E-state index in [0.717, 1.165) is 6.42 Å². The Morgan fingerprint density at radius 3 is 2.32 bits per heavy atom. The fourth-order valence-corrected chi connectivity index (χ4v) is 3.37. The molecule has 0 saturated carbocycles. The first kappa shape index (κ1) is 10.7. The molecule has 19 heavy (non-hydrogen) atoms. The van der Waals surface area contributed by atoms with Gasteiger partial charge >= 0.3 is 0 Å².